The molecule has 1 aromatic carbocycles. The fraction of sp³-hybridized carbons (Fsp3) is 0.533. The number of nitrogens with two attached hydrogens (primary N) is 1. The van der Waals surface area contributed by atoms with Crippen LogP contribution in [0.1, 0.15) is 31.4 Å². The standard InChI is InChI=1S/C15H22BrN3O/c1-10(17)15(12-5-3-4-6-13(12)16)19(2)9-14(20)18-11-7-8-11/h3-6,10-11,15H,7-9,17H2,1-2H3,(H,18,20). The number of carbonyl (C=O) groups is 1. The number of hydrogen-bond acceptors (Lipinski definition) is 3. The van der Waals surface area contributed by atoms with Crippen molar-refractivity contribution in [3.63, 3.8) is 0 Å². The minimum atomic E-state index is -0.0626. The highest BCUT2D eigenvalue weighted by Crippen LogP contribution is 2.29. The number of hydrogen-bond donors (Lipinski definition) is 2. The summed E-state index contributed by atoms with van der Waals surface area (Å²) in [5.74, 6) is 0.0766. The summed E-state index contributed by atoms with van der Waals surface area (Å²) in [6.07, 6.45) is 2.22. The van der Waals surface area contributed by atoms with Gasteiger partial charge < -0.3 is 11.1 Å². The lowest BCUT2D eigenvalue weighted by atomic mass is 9.99. The minimum Gasteiger partial charge on any atom is -0.352 e. The van der Waals surface area contributed by atoms with Gasteiger partial charge in [-0.2, -0.15) is 0 Å². The maximum absolute atomic E-state index is 11.9. The molecule has 3 N–H and O–H groups in total. The van der Waals surface area contributed by atoms with Crippen molar-refractivity contribution in [3.8, 4) is 0 Å². The second kappa shape index (κ2) is 6.70. The minimum absolute atomic E-state index is 0.00975. The van der Waals surface area contributed by atoms with E-state index in [1.54, 1.807) is 0 Å². The van der Waals surface area contributed by atoms with Crippen LogP contribution < -0.4 is 11.1 Å². The van der Waals surface area contributed by atoms with Gasteiger partial charge in [-0.05, 0) is 38.4 Å². The zero-order valence-corrected chi connectivity index (χ0v) is 13.6. The number of benzene rings is 1. The van der Waals surface area contributed by atoms with Crippen molar-refractivity contribution in [1.29, 1.82) is 0 Å². The van der Waals surface area contributed by atoms with Crippen molar-refractivity contribution in [2.24, 2.45) is 5.73 Å². The highest BCUT2D eigenvalue weighted by Gasteiger charge is 2.27. The third-order valence-electron chi connectivity index (χ3n) is 3.53. The molecule has 1 amide bonds. The first-order valence-corrected chi connectivity index (χ1v) is 7.78. The van der Waals surface area contributed by atoms with Crippen molar-refractivity contribution in [2.45, 2.75) is 37.9 Å². The van der Waals surface area contributed by atoms with Crippen LogP contribution in [0, 0.1) is 0 Å². The third kappa shape index (κ3) is 4.04. The second-order valence-corrected chi connectivity index (χ2v) is 6.44. The zero-order valence-electron chi connectivity index (χ0n) is 12.0. The number of nitrogens with zero attached hydrogens (tertiary/aromatic N) is 1. The second-order valence-electron chi connectivity index (χ2n) is 5.58. The zero-order chi connectivity index (χ0) is 14.7. The van der Waals surface area contributed by atoms with E-state index in [2.05, 4.69) is 21.2 Å². The maximum atomic E-state index is 11.9. The van der Waals surface area contributed by atoms with Crippen LogP contribution >= 0.6 is 15.9 Å². The molecular formula is C15H22BrN3O. The van der Waals surface area contributed by atoms with E-state index >= 15 is 0 Å². The van der Waals surface area contributed by atoms with E-state index in [0.29, 0.717) is 12.6 Å². The van der Waals surface area contributed by atoms with Crippen LogP contribution in [0.2, 0.25) is 0 Å². The first kappa shape index (κ1) is 15.5. The lowest BCUT2D eigenvalue weighted by Crippen LogP contribution is -2.43. The Morgan fingerprint density at radius 2 is 2.15 bits per heavy atom. The van der Waals surface area contributed by atoms with Crippen LogP contribution in [0.15, 0.2) is 28.7 Å². The lowest BCUT2D eigenvalue weighted by molar-refractivity contribution is -0.122. The smallest absolute Gasteiger partial charge is 0.234 e. The van der Waals surface area contributed by atoms with Crippen molar-refractivity contribution in [3.05, 3.63) is 34.3 Å². The van der Waals surface area contributed by atoms with Gasteiger partial charge in [0, 0.05) is 16.6 Å². The Morgan fingerprint density at radius 3 is 2.70 bits per heavy atom. The third-order valence-corrected chi connectivity index (χ3v) is 4.25. The Morgan fingerprint density at radius 1 is 1.50 bits per heavy atom. The van der Waals surface area contributed by atoms with E-state index < -0.39 is 0 Å². The summed E-state index contributed by atoms with van der Waals surface area (Å²) in [5, 5.41) is 3.01. The summed E-state index contributed by atoms with van der Waals surface area (Å²) in [4.78, 5) is 14.0. The average Bonchev–Trinajstić information content (AvgIpc) is 3.15. The molecule has 2 rings (SSSR count). The van der Waals surface area contributed by atoms with Crippen LogP contribution in [0.5, 0.6) is 0 Å². The van der Waals surface area contributed by atoms with Gasteiger partial charge in [-0.3, -0.25) is 9.69 Å². The molecule has 0 bridgehead atoms. The molecule has 5 heteroatoms. The summed E-state index contributed by atoms with van der Waals surface area (Å²) in [5.41, 5.74) is 7.25. The Hall–Kier alpha value is -0.910. The Balaban J connectivity index is 2.07. The van der Waals surface area contributed by atoms with Gasteiger partial charge in [-0.1, -0.05) is 34.1 Å². The van der Waals surface area contributed by atoms with Gasteiger partial charge in [0.2, 0.25) is 5.91 Å². The topological polar surface area (TPSA) is 58.4 Å². The fourth-order valence-electron chi connectivity index (χ4n) is 2.46. The van der Waals surface area contributed by atoms with Gasteiger partial charge in [0.25, 0.3) is 0 Å². The van der Waals surface area contributed by atoms with E-state index in [-0.39, 0.29) is 18.0 Å². The molecule has 1 aliphatic rings. The summed E-state index contributed by atoms with van der Waals surface area (Å²) in [6.45, 7) is 2.34. The summed E-state index contributed by atoms with van der Waals surface area (Å²) >= 11 is 3.57. The number of carbonyl (C=O) groups excluding carboxylic acids is 1. The van der Waals surface area contributed by atoms with Crippen molar-refractivity contribution >= 4 is 21.8 Å². The van der Waals surface area contributed by atoms with E-state index in [4.69, 9.17) is 5.73 Å². The Kier molecular flexibility index (Phi) is 5.18. The van der Waals surface area contributed by atoms with Crippen LogP contribution in [-0.2, 0) is 4.79 Å². The molecule has 4 nitrogen and oxygen atoms in total. The number of likely N-dealkylation sites (N-methyl/N-ethyl adjacent to an activating group) is 1. The quantitative estimate of drug-likeness (QED) is 0.833. The summed E-state index contributed by atoms with van der Waals surface area (Å²) in [7, 11) is 1.94. The fourth-order valence-corrected chi connectivity index (χ4v) is 2.98. The van der Waals surface area contributed by atoms with Gasteiger partial charge in [0.15, 0.2) is 0 Å². The van der Waals surface area contributed by atoms with Crippen LogP contribution in [0.3, 0.4) is 0 Å². The van der Waals surface area contributed by atoms with Crippen molar-refractivity contribution in [2.75, 3.05) is 13.6 Å². The predicted molar refractivity (Wildman–Crippen MR) is 84.3 cm³/mol. The van der Waals surface area contributed by atoms with Gasteiger partial charge in [-0.15, -0.1) is 0 Å². The largest absolute Gasteiger partial charge is 0.352 e. The first-order chi connectivity index (χ1) is 9.49. The molecule has 0 saturated heterocycles. The summed E-state index contributed by atoms with van der Waals surface area (Å²) in [6, 6.07) is 8.37. The molecule has 0 aromatic heterocycles. The molecule has 0 heterocycles. The molecular weight excluding hydrogens is 318 g/mol. The molecule has 1 aromatic rings. The molecule has 1 fully saturated rings. The highest BCUT2D eigenvalue weighted by atomic mass is 79.9. The first-order valence-electron chi connectivity index (χ1n) is 6.98. The molecule has 1 saturated carbocycles. The van der Waals surface area contributed by atoms with Gasteiger partial charge in [0.05, 0.1) is 12.6 Å². The van der Waals surface area contributed by atoms with Crippen LogP contribution in [0.25, 0.3) is 0 Å². The average molecular weight is 340 g/mol. The molecule has 20 heavy (non-hydrogen) atoms. The monoisotopic (exact) mass is 339 g/mol. The number of rotatable bonds is 6. The summed E-state index contributed by atoms with van der Waals surface area (Å²) < 4.78 is 1.02. The van der Waals surface area contributed by atoms with Crippen LogP contribution in [-0.4, -0.2) is 36.5 Å². The van der Waals surface area contributed by atoms with Gasteiger partial charge >= 0.3 is 0 Å². The number of nitrogens with one attached hydrogen (secondary N) is 1. The molecule has 2 unspecified atom stereocenters. The number of halogens is 1. The molecule has 110 valence electrons. The lowest BCUT2D eigenvalue weighted by Gasteiger charge is -2.31. The molecule has 0 spiro atoms. The van der Waals surface area contributed by atoms with E-state index in [1.165, 1.54) is 0 Å². The van der Waals surface area contributed by atoms with Crippen molar-refractivity contribution in [1.82, 2.24) is 10.2 Å². The molecule has 0 radical (unpaired) electrons. The Labute approximate surface area is 128 Å². The van der Waals surface area contributed by atoms with E-state index in [9.17, 15) is 4.79 Å². The highest BCUT2D eigenvalue weighted by molar-refractivity contribution is 9.10. The molecule has 2 atom stereocenters. The SMILES string of the molecule is CC(N)C(c1ccccc1Br)N(C)CC(=O)NC1CC1. The molecule has 0 aliphatic heterocycles. The predicted octanol–water partition coefficient (Wildman–Crippen LogP) is 2.05. The van der Waals surface area contributed by atoms with Gasteiger partial charge in [-0.25, -0.2) is 0 Å². The number of amides is 1. The Bertz CT molecular complexity index is 474. The van der Waals surface area contributed by atoms with Gasteiger partial charge in [0.1, 0.15) is 0 Å². The molecule has 1 aliphatic carbocycles. The normalized spacial score (nSPS) is 17.9. The van der Waals surface area contributed by atoms with Crippen molar-refractivity contribution < 1.29 is 4.79 Å². The van der Waals surface area contributed by atoms with E-state index in [0.717, 1.165) is 22.9 Å². The van der Waals surface area contributed by atoms with E-state index in [1.807, 2.05) is 43.1 Å². The van der Waals surface area contributed by atoms with Crippen LogP contribution in [0.4, 0.5) is 0 Å². The maximum Gasteiger partial charge on any atom is 0.234 e.